The first kappa shape index (κ1) is 21.4. The number of halogens is 12. The molecule has 0 aromatic heterocycles. The van der Waals surface area contributed by atoms with Gasteiger partial charge in [0.25, 0.3) is 0 Å². The molecule has 0 N–H and O–H groups in total. The van der Waals surface area contributed by atoms with Gasteiger partial charge in [-0.3, -0.25) is 0 Å². The van der Waals surface area contributed by atoms with Crippen molar-refractivity contribution in [3.63, 3.8) is 0 Å². The van der Waals surface area contributed by atoms with Crippen molar-refractivity contribution < 1.29 is 71.3 Å². The van der Waals surface area contributed by atoms with Crippen LogP contribution in [0, 0.1) is 0 Å². The number of hydrogen-bond donors (Lipinski definition) is 0. The maximum absolute atomic E-state index is 12.6. The molecule has 150 valence electrons. The fraction of sp³-hybridized carbons (Fsp3) is 1.00. The lowest BCUT2D eigenvalue weighted by Gasteiger charge is -2.22. The Hall–Kier alpha value is -0.870. The largest absolute Gasteiger partial charge is 0.489 e. The number of hydrogen-bond acceptors (Lipinski definition) is 4. The molecule has 0 bridgehead atoms. The minimum Gasteiger partial charge on any atom is -0.399 e. The number of rotatable bonds is 1. The van der Waals surface area contributed by atoms with E-state index in [1.165, 1.54) is 0 Å². The summed E-state index contributed by atoms with van der Waals surface area (Å²) in [6, 6.07) is 0. The summed E-state index contributed by atoms with van der Waals surface area (Å²) in [7, 11) is -5.85. The lowest BCUT2D eigenvalue weighted by molar-refractivity contribution is -0.260. The molecular formula is C8H4B2F12O4. The van der Waals surface area contributed by atoms with Crippen LogP contribution in [-0.4, -0.2) is 63.1 Å². The zero-order chi connectivity index (χ0) is 20.3. The van der Waals surface area contributed by atoms with E-state index in [1.54, 1.807) is 0 Å². The van der Waals surface area contributed by atoms with E-state index in [1.807, 2.05) is 0 Å². The average molecular weight is 414 g/mol. The van der Waals surface area contributed by atoms with Crippen molar-refractivity contribution in [2.45, 2.75) is 49.1 Å². The second kappa shape index (κ2) is 6.34. The summed E-state index contributed by atoms with van der Waals surface area (Å²) in [6.07, 6.45) is -37.5. The van der Waals surface area contributed by atoms with Crippen molar-refractivity contribution in [3.8, 4) is 0 Å². The third-order valence-corrected chi connectivity index (χ3v) is 3.19. The molecule has 4 atom stereocenters. The molecule has 2 fully saturated rings. The summed E-state index contributed by atoms with van der Waals surface area (Å²) in [4.78, 5) is 0. The van der Waals surface area contributed by atoms with Crippen LogP contribution in [0.15, 0.2) is 0 Å². The third kappa shape index (κ3) is 4.33. The molecule has 0 spiro atoms. The lowest BCUT2D eigenvalue weighted by Crippen LogP contribution is -2.45. The first-order valence-electron chi connectivity index (χ1n) is 6.31. The topological polar surface area (TPSA) is 36.9 Å². The van der Waals surface area contributed by atoms with Gasteiger partial charge in [0.15, 0.2) is 24.4 Å². The van der Waals surface area contributed by atoms with Gasteiger partial charge in [0, 0.05) is 0 Å². The highest BCUT2D eigenvalue weighted by Gasteiger charge is 2.71. The molecule has 2 heterocycles. The summed E-state index contributed by atoms with van der Waals surface area (Å²) in [5, 5.41) is 0. The van der Waals surface area contributed by atoms with Crippen LogP contribution < -0.4 is 0 Å². The van der Waals surface area contributed by atoms with Gasteiger partial charge in [-0.25, -0.2) is 0 Å². The van der Waals surface area contributed by atoms with Crippen molar-refractivity contribution in [2.75, 3.05) is 0 Å². The molecule has 26 heavy (non-hydrogen) atoms. The Morgan fingerprint density at radius 2 is 0.538 bits per heavy atom. The highest BCUT2D eigenvalue weighted by atomic mass is 19.4. The third-order valence-electron chi connectivity index (χ3n) is 3.19. The second-order valence-corrected chi connectivity index (χ2v) is 5.13. The van der Waals surface area contributed by atoms with Crippen LogP contribution in [0.25, 0.3) is 0 Å². The Morgan fingerprint density at radius 1 is 0.385 bits per heavy atom. The summed E-state index contributed by atoms with van der Waals surface area (Å²) in [5.74, 6) is 0. The van der Waals surface area contributed by atoms with Crippen molar-refractivity contribution >= 4 is 14.0 Å². The first-order chi connectivity index (χ1) is 11.4. The molecular weight excluding hydrogens is 410 g/mol. The maximum atomic E-state index is 12.6. The normalized spacial score (nSPS) is 31.8. The van der Waals surface area contributed by atoms with Crippen LogP contribution in [0.4, 0.5) is 52.7 Å². The van der Waals surface area contributed by atoms with Gasteiger partial charge in [-0.15, -0.1) is 0 Å². The van der Waals surface area contributed by atoms with E-state index in [4.69, 9.17) is 0 Å². The van der Waals surface area contributed by atoms with Crippen LogP contribution in [0.3, 0.4) is 0 Å². The molecule has 4 nitrogen and oxygen atoms in total. The van der Waals surface area contributed by atoms with Crippen LogP contribution in [0.2, 0.25) is 0 Å². The van der Waals surface area contributed by atoms with Crippen LogP contribution in [0.5, 0.6) is 0 Å². The fourth-order valence-electron chi connectivity index (χ4n) is 2.18. The van der Waals surface area contributed by atoms with Gasteiger partial charge in [-0.2, -0.15) is 52.7 Å². The number of alkyl halides is 12. The molecule has 2 rings (SSSR count). The Labute approximate surface area is 135 Å². The predicted molar refractivity (Wildman–Crippen MR) is 55.2 cm³/mol. The molecule has 0 aliphatic carbocycles. The van der Waals surface area contributed by atoms with Crippen molar-refractivity contribution in [1.29, 1.82) is 0 Å². The SMILES string of the molecule is FC(F)(F)C1OB(B2OC(C(F)(F)F)C(C(F)(F)F)O2)OC1C(F)(F)F. The van der Waals surface area contributed by atoms with Crippen LogP contribution in [0.1, 0.15) is 0 Å². The Bertz CT molecular complexity index is 425. The average Bonchev–Trinajstić information content (AvgIpc) is 3.00. The van der Waals surface area contributed by atoms with Crippen molar-refractivity contribution in [3.05, 3.63) is 0 Å². The molecule has 2 saturated heterocycles. The van der Waals surface area contributed by atoms with Crippen LogP contribution >= 0.6 is 0 Å². The maximum Gasteiger partial charge on any atom is 0.489 e. The van der Waals surface area contributed by atoms with Gasteiger partial charge in [-0.05, 0) is 0 Å². The van der Waals surface area contributed by atoms with E-state index < -0.39 is 63.1 Å². The van der Waals surface area contributed by atoms with Gasteiger partial charge in [0.1, 0.15) is 0 Å². The van der Waals surface area contributed by atoms with E-state index >= 15 is 0 Å². The van der Waals surface area contributed by atoms with Gasteiger partial charge in [0.2, 0.25) is 0 Å². The zero-order valence-corrected chi connectivity index (χ0v) is 11.6. The molecule has 2 aliphatic rings. The Balaban J connectivity index is 2.24. The fourth-order valence-corrected chi connectivity index (χ4v) is 2.18. The predicted octanol–water partition coefficient (Wildman–Crippen LogP) is 2.86. The van der Waals surface area contributed by atoms with Gasteiger partial charge in [-0.1, -0.05) is 0 Å². The first-order valence-corrected chi connectivity index (χ1v) is 6.31. The standard InChI is InChI=1S/C8H4B2F12O4/c11-5(12,13)1-2(6(14,15)16)24-9(23-1)10-25-3(7(17,18)19)4(26-10)8(20,21)22/h1-4H. The van der Waals surface area contributed by atoms with E-state index in [0.717, 1.165) is 0 Å². The van der Waals surface area contributed by atoms with Gasteiger partial charge in [0.05, 0.1) is 0 Å². The van der Waals surface area contributed by atoms with E-state index in [-0.39, 0.29) is 0 Å². The van der Waals surface area contributed by atoms with Gasteiger partial charge >= 0.3 is 38.7 Å². The highest BCUT2D eigenvalue weighted by molar-refractivity contribution is 7.11. The monoisotopic (exact) mass is 414 g/mol. The zero-order valence-electron chi connectivity index (χ0n) is 11.6. The lowest BCUT2D eigenvalue weighted by atomic mass is 9.49. The van der Waals surface area contributed by atoms with Crippen LogP contribution in [-0.2, 0) is 18.6 Å². The quantitative estimate of drug-likeness (QED) is 0.489. The molecule has 2 aliphatic heterocycles. The molecule has 0 aromatic rings. The summed E-state index contributed by atoms with van der Waals surface area (Å²) >= 11 is 0. The molecule has 4 unspecified atom stereocenters. The Morgan fingerprint density at radius 3 is 0.654 bits per heavy atom. The second-order valence-electron chi connectivity index (χ2n) is 5.13. The van der Waals surface area contributed by atoms with Gasteiger partial charge < -0.3 is 18.6 Å². The Kier molecular flexibility index (Phi) is 5.22. The summed E-state index contributed by atoms with van der Waals surface area (Å²) < 4.78 is 166. The van der Waals surface area contributed by atoms with E-state index in [0.29, 0.717) is 0 Å². The van der Waals surface area contributed by atoms with E-state index in [9.17, 15) is 52.7 Å². The molecule has 18 heteroatoms. The molecule has 0 amide bonds. The smallest absolute Gasteiger partial charge is 0.399 e. The molecule has 0 aromatic carbocycles. The highest BCUT2D eigenvalue weighted by Crippen LogP contribution is 2.44. The minimum absolute atomic E-state index is 2.93. The molecule has 0 saturated carbocycles. The summed E-state index contributed by atoms with van der Waals surface area (Å²) in [6.45, 7) is 0. The van der Waals surface area contributed by atoms with E-state index in [2.05, 4.69) is 18.6 Å². The van der Waals surface area contributed by atoms with Crippen molar-refractivity contribution in [1.82, 2.24) is 0 Å². The minimum atomic E-state index is -5.68. The summed E-state index contributed by atoms with van der Waals surface area (Å²) in [5.41, 5.74) is 0. The van der Waals surface area contributed by atoms with Crippen molar-refractivity contribution in [2.24, 2.45) is 0 Å². The molecule has 0 radical (unpaired) electrons.